The first kappa shape index (κ1) is 33.4. The van der Waals surface area contributed by atoms with E-state index in [1.165, 1.54) is 94.9 Å². The Morgan fingerprint density at radius 2 is 1.21 bits per heavy atom. The Bertz CT molecular complexity index is 3190. The van der Waals surface area contributed by atoms with Gasteiger partial charge in [0.1, 0.15) is 5.58 Å². The van der Waals surface area contributed by atoms with Crippen LogP contribution >= 0.6 is 0 Å². The topological polar surface area (TPSA) is 19.6 Å². The molecule has 3 aliphatic rings. The Hall–Kier alpha value is -6.78. The summed E-state index contributed by atoms with van der Waals surface area (Å²) in [6, 6.07) is 58.7. The number of para-hydroxylation sites is 4. The standard InChI is InChI=1S/C54H41BN2O/c1-32-27-33(2)50(34(3)28-32)37-30-41-40-29-36(35-15-7-6-8-16-35)25-26-45(40)57(47-23-13-18-39-38-17-9-12-24-49(38)58-53(39)47)55-44-21-14-20-43-52(44)56(48(31-37)51(41)55)46-22-11-10-19-42(46)54(43,4)5/h6-31H,1-5H3. The highest BCUT2D eigenvalue weighted by molar-refractivity contribution is 6.94. The predicted octanol–water partition coefficient (Wildman–Crippen LogP) is 13.2. The molecule has 4 heteroatoms. The van der Waals surface area contributed by atoms with Crippen molar-refractivity contribution in [1.29, 1.82) is 0 Å². The average Bonchev–Trinajstić information content (AvgIpc) is 3.62. The first-order valence-electron chi connectivity index (χ1n) is 20.5. The number of hydrogen-bond acceptors (Lipinski definition) is 3. The van der Waals surface area contributed by atoms with Crippen molar-refractivity contribution in [3.63, 3.8) is 0 Å². The van der Waals surface area contributed by atoms with Gasteiger partial charge in [-0.3, -0.25) is 0 Å². The van der Waals surface area contributed by atoms with Gasteiger partial charge in [-0.2, -0.15) is 0 Å². The van der Waals surface area contributed by atoms with Crippen molar-refractivity contribution in [3.8, 4) is 33.4 Å². The number of furan rings is 1. The van der Waals surface area contributed by atoms with Crippen LogP contribution in [0.15, 0.2) is 162 Å². The number of rotatable bonds is 3. The van der Waals surface area contributed by atoms with Gasteiger partial charge in [0.25, 0.3) is 0 Å². The van der Waals surface area contributed by atoms with Gasteiger partial charge in [0, 0.05) is 38.8 Å². The Balaban J connectivity index is 1.25. The van der Waals surface area contributed by atoms with Crippen LogP contribution in [0, 0.1) is 20.8 Å². The molecule has 58 heavy (non-hydrogen) atoms. The fourth-order valence-electron chi connectivity index (χ4n) is 10.9. The number of benzene rings is 8. The maximum Gasteiger partial charge on any atom is 0.333 e. The lowest BCUT2D eigenvalue weighted by Gasteiger charge is -2.50. The first-order chi connectivity index (χ1) is 28.3. The van der Waals surface area contributed by atoms with Gasteiger partial charge in [-0.1, -0.05) is 135 Å². The number of nitrogens with zero attached hydrogens (tertiary/aromatic N) is 2. The summed E-state index contributed by atoms with van der Waals surface area (Å²) in [5.41, 5.74) is 24.2. The molecule has 12 rings (SSSR count). The Kier molecular flexibility index (Phi) is 6.83. The quantitative estimate of drug-likeness (QED) is 0.168. The van der Waals surface area contributed by atoms with Crippen LogP contribution in [0.5, 0.6) is 0 Å². The van der Waals surface area contributed by atoms with E-state index >= 15 is 0 Å². The van der Waals surface area contributed by atoms with E-state index in [0.29, 0.717) is 0 Å². The van der Waals surface area contributed by atoms with Crippen molar-refractivity contribution < 1.29 is 4.42 Å². The summed E-state index contributed by atoms with van der Waals surface area (Å²) >= 11 is 0. The van der Waals surface area contributed by atoms with Crippen molar-refractivity contribution in [1.82, 2.24) is 0 Å². The van der Waals surface area contributed by atoms with Gasteiger partial charge in [-0.25, -0.2) is 0 Å². The fraction of sp³-hybridized carbons (Fsp3) is 0.111. The highest BCUT2D eigenvalue weighted by Gasteiger charge is 2.50. The minimum Gasteiger partial charge on any atom is -0.454 e. The van der Waals surface area contributed by atoms with E-state index in [-0.39, 0.29) is 12.3 Å². The van der Waals surface area contributed by atoms with Crippen molar-refractivity contribution in [2.75, 3.05) is 9.71 Å². The molecule has 1 aromatic heterocycles. The SMILES string of the molecule is Cc1cc(C)c(-c2cc3c4c(c2)N2c5ccccc5C(C)(C)c5cccc(c52)B4N(c2cccc4c2oc2ccccc24)c2ccc(-c4ccccc4)cc2-3)c(C)c1. The van der Waals surface area contributed by atoms with Crippen LogP contribution in [-0.4, -0.2) is 6.85 Å². The summed E-state index contributed by atoms with van der Waals surface area (Å²) in [6.45, 7) is 11.4. The largest absolute Gasteiger partial charge is 0.454 e. The highest BCUT2D eigenvalue weighted by Crippen LogP contribution is 2.56. The molecule has 9 aromatic rings. The van der Waals surface area contributed by atoms with Crippen molar-refractivity contribution in [2.45, 2.75) is 40.0 Å². The zero-order chi connectivity index (χ0) is 39.0. The van der Waals surface area contributed by atoms with Gasteiger partial charge in [-0.05, 0) is 124 Å². The summed E-state index contributed by atoms with van der Waals surface area (Å²) in [7, 11) is 0. The Morgan fingerprint density at radius 1 is 0.517 bits per heavy atom. The molecule has 3 aliphatic heterocycles. The monoisotopic (exact) mass is 744 g/mol. The zero-order valence-electron chi connectivity index (χ0n) is 33.4. The highest BCUT2D eigenvalue weighted by atomic mass is 16.3. The van der Waals surface area contributed by atoms with Crippen LogP contribution in [0.25, 0.3) is 55.3 Å². The summed E-state index contributed by atoms with van der Waals surface area (Å²) < 4.78 is 6.88. The molecule has 0 saturated heterocycles. The van der Waals surface area contributed by atoms with Crippen molar-refractivity contribution >= 4 is 68.1 Å². The summed E-state index contributed by atoms with van der Waals surface area (Å²) in [5, 5.41) is 2.26. The minimum atomic E-state index is -0.207. The second kappa shape index (κ2) is 11.9. The van der Waals surface area contributed by atoms with Crippen LogP contribution in [0.1, 0.15) is 41.7 Å². The predicted molar refractivity (Wildman–Crippen MR) is 245 cm³/mol. The molecule has 4 heterocycles. The van der Waals surface area contributed by atoms with Crippen LogP contribution in [0.4, 0.5) is 28.4 Å². The lowest BCUT2D eigenvalue weighted by molar-refractivity contribution is 0.632. The minimum absolute atomic E-state index is 0.125. The van der Waals surface area contributed by atoms with Gasteiger partial charge in [0.15, 0.2) is 5.58 Å². The van der Waals surface area contributed by atoms with E-state index in [1.54, 1.807) is 0 Å². The van der Waals surface area contributed by atoms with Gasteiger partial charge in [-0.15, -0.1) is 0 Å². The molecule has 3 nitrogen and oxygen atoms in total. The summed E-state index contributed by atoms with van der Waals surface area (Å²) in [5.74, 6) is 0. The van der Waals surface area contributed by atoms with Gasteiger partial charge < -0.3 is 14.1 Å². The molecular formula is C54H41BN2O. The van der Waals surface area contributed by atoms with E-state index < -0.39 is 0 Å². The molecule has 276 valence electrons. The molecule has 0 radical (unpaired) electrons. The summed E-state index contributed by atoms with van der Waals surface area (Å²) in [6.07, 6.45) is 0. The third-order valence-electron chi connectivity index (χ3n) is 13.3. The van der Waals surface area contributed by atoms with Crippen LogP contribution in [0.2, 0.25) is 0 Å². The lowest BCUT2D eigenvalue weighted by Crippen LogP contribution is -2.62. The lowest BCUT2D eigenvalue weighted by atomic mass is 9.42. The van der Waals surface area contributed by atoms with Crippen molar-refractivity contribution in [3.05, 3.63) is 186 Å². The average molecular weight is 745 g/mol. The van der Waals surface area contributed by atoms with Crippen molar-refractivity contribution in [2.24, 2.45) is 0 Å². The number of aryl methyl sites for hydroxylation is 3. The molecular weight excluding hydrogens is 703 g/mol. The third kappa shape index (κ3) is 4.46. The second-order valence-electron chi connectivity index (χ2n) is 17.1. The summed E-state index contributed by atoms with van der Waals surface area (Å²) in [4.78, 5) is 5.21. The van der Waals surface area contributed by atoms with Gasteiger partial charge in [0.05, 0.1) is 11.4 Å². The molecule has 0 unspecified atom stereocenters. The number of hydrogen-bond donors (Lipinski definition) is 0. The maximum atomic E-state index is 6.88. The molecule has 0 fully saturated rings. The molecule has 0 atom stereocenters. The normalized spacial score (nSPS) is 14.3. The van der Waals surface area contributed by atoms with Crippen LogP contribution in [0.3, 0.4) is 0 Å². The molecule has 8 aromatic carbocycles. The maximum absolute atomic E-state index is 6.88. The molecule has 0 spiro atoms. The van der Waals surface area contributed by atoms with E-state index in [1.807, 2.05) is 0 Å². The van der Waals surface area contributed by atoms with Crippen LogP contribution in [-0.2, 0) is 5.41 Å². The number of fused-ring (bicyclic) bond motifs is 9. The smallest absolute Gasteiger partial charge is 0.333 e. The van der Waals surface area contributed by atoms with Gasteiger partial charge >= 0.3 is 6.85 Å². The molecule has 0 N–H and O–H groups in total. The third-order valence-corrected chi connectivity index (χ3v) is 13.3. The van der Waals surface area contributed by atoms with E-state index in [2.05, 4.69) is 202 Å². The molecule has 0 amide bonds. The molecule has 0 saturated carbocycles. The molecule has 0 bridgehead atoms. The first-order valence-corrected chi connectivity index (χ1v) is 20.5. The zero-order valence-corrected chi connectivity index (χ0v) is 33.4. The Labute approximate surface area is 339 Å². The Morgan fingerprint density at radius 3 is 2.05 bits per heavy atom. The van der Waals surface area contributed by atoms with E-state index in [0.717, 1.165) is 27.6 Å². The van der Waals surface area contributed by atoms with E-state index in [4.69, 9.17) is 4.42 Å². The molecule has 0 aliphatic carbocycles. The number of anilines is 5. The fourth-order valence-corrected chi connectivity index (χ4v) is 10.9. The second-order valence-corrected chi connectivity index (χ2v) is 17.1. The van der Waals surface area contributed by atoms with Crippen LogP contribution < -0.4 is 20.6 Å². The van der Waals surface area contributed by atoms with Gasteiger partial charge in [0.2, 0.25) is 0 Å². The van der Waals surface area contributed by atoms with E-state index in [9.17, 15) is 0 Å².